The zero-order chi connectivity index (χ0) is 5.98. The van der Waals surface area contributed by atoms with E-state index in [9.17, 15) is 0 Å². The van der Waals surface area contributed by atoms with Crippen LogP contribution in [-0.2, 0) is 13.6 Å². The molecule has 0 aromatic carbocycles. The molecule has 1 heterocycles. The van der Waals surface area contributed by atoms with Crippen molar-refractivity contribution in [1.29, 1.82) is 0 Å². The monoisotopic (exact) mass is 495 g/mol. The molecule has 0 radical (unpaired) electrons. The fourth-order valence-corrected chi connectivity index (χ4v) is 0.689. The summed E-state index contributed by atoms with van der Waals surface area (Å²) in [6, 6.07) is 0. The third-order valence-electron chi connectivity index (χ3n) is 1.19. The third-order valence-corrected chi connectivity index (χ3v) is 1.19. The van der Waals surface area contributed by atoms with Crippen molar-refractivity contribution in [3.8, 4) is 0 Å². The maximum atomic E-state index is 2.12. The van der Waals surface area contributed by atoms with Gasteiger partial charge in [0.2, 0.25) is 6.33 Å². The molecule has 0 N–H and O–H groups in total. The molecule has 0 bridgehead atoms. The molecule has 0 fully saturated rings. The summed E-state index contributed by atoms with van der Waals surface area (Å²) in [4.78, 5) is 0. The first-order valence-electron chi connectivity index (χ1n) is 2.84. The molecule has 0 saturated carbocycles. The second-order valence-corrected chi connectivity index (χ2v) is 1.91. The molecule has 0 atom stereocenters. The maximum absolute atomic E-state index is 2.12. The van der Waals surface area contributed by atoms with Gasteiger partial charge in [-0.25, -0.2) is 9.13 Å². The van der Waals surface area contributed by atoms with Gasteiger partial charge in [-0.2, -0.15) is 0 Å². The standard InChI is InChI=1S/C6H11N2.3HI/c1-3-8-5-4-7(2)6-8;;;/h4-6H,3H2,1-2H3;3*1H/q+1;;;. The highest BCUT2D eigenvalue weighted by atomic mass is 127. The molecule has 0 unspecified atom stereocenters. The molecule has 0 aliphatic carbocycles. The summed E-state index contributed by atoms with van der Waals surface area (Å²) in [5, 5.41) is 0. The molecule has 0 saturated heterocycles. The molecule has 1 aromatic rings. The van der Waals surface area contributed by atoms with Crippen LogP contribution in [-0.4, -0.2) is 4.57 Å². The minimum Gasteiger partial charge on any atom is -0.240 e. The van der Waals surface area contributed by atoms with E-state index in [0.29, 0.717) is 0 Å². The number of hydrogen-bond donors (Lipinski definition) is 0. The molecular weight excluding hydrogens is 481 g/mol. The Morgan fingerprint density at radius 3 is 2.00 bits per heavy atom. The first-order chi connectivity index (χ1) is 3.83. The number of nitrogens with zero attached hydrogens (tertiary/aromatic N) is 2. The van der Waals surface area contributed by atoms with Crippen molar-refractivity contribution in [2.24, 2.45) is 7.05 Å². The Balaban J connectivity index is -0.000000213. The second kappa shape index (κ2) is 9.49. The molecule has 0 spiro atoms. The van der Waals surface area contributed by atoms with Gasteiger partial charge in [0.25, 0.3) is 0 Å². The highest BCUT2D eigenvalue weighted by Gasteiger charge is 1.92. The van der Waals surface area contributed by atoms with E-state index in [1.54, 1.807) is 0 Å². The average molecular weight is 495 g/mol. The highest BCUT2D eigenvalue weighted by molar-refractivity contribution is 14.0. The summed E-state index contributed by atoms with van der Waals surface area (Å²) in [7, 11) is 2.02. The number of rotatable bonds is 1. The summed E-state index contributed by atoms with van der Waals surface area (Å²) in [5.41, 5.74) is 0. The predicted molar refractivity (Wildman–Crippen MR) is 77.5 cm³/mol. The minimum absolute atomic E-state index is 0. The van der Waals surface area contributed by atoms with Crippen LogP contribution in [0.2, 0.25) is 0 Å². The molecule has 0 amide bonds. The lowest BCUT2D eigenvalue weighted by molar-refractivity contribution is -0.671. The van der Waals surface area contributed by atoms with Gasteiger partial charge >= 0.3 is 0 Å². The van der Waals surface area contributed by atoms with Crippen LogP contribution in [0, 0.1) is 0 Å². The van der Waals surface area contributed by atoms with Gasteiger partial charge in [-0.1, -0.05) is 0 Å². The number of hydrogen-bond acceptors (Lipinski definition) is 0. The van der Waals surface area contributed by atoms with Crippen LogP contribution in [0.1, 0.15) is 6.92 Å². The van der Waals surface area contributed by atoms with Gasteiger partial charge in [0.1, 0.15) is 12.4 Å². The van der Waals surface area contributed by atoms with E-state index < -0.39 is 0 Å². The van der Waals surface area contributed by atoms with E-state index >= 15 is 0 Å². The lowest BCUT2D eigenvalue weighted by Gasteiger charge is -1.81. The molecule has 1 rings (SSSR count). The van der Waals surface area contributed by atoms with Gasteiger partial charge in [0.15, 0.2) is 0 Å². The number of aromatic nitrogens is 2. The molecular formula is C6H14I3N2+. The summed E-state index contributed by atoms with van der Waals surface area (Å²) in [6.07, 6.45) is 6.14. The van der Waals surface area contributed by atoms with Gasteiger partial charge in [-0.3, -0.25) is 0 Å². The summed E-state index contributed by atoms with van der Waals surface area (Å²) in [5.74, 6) is 0. The molecule has 0 aliphatic heterocycles. The lowest BCUT2D eigenvalue weighted by Crippen LogP contribution is -2.23. The van der Waals surface area contributed by atoms with Gasteiger partial charge in [-0.05, 0) is 6.92 Å². The van der Waals surface area contributed by atoms with Gasteiger partial charge in [0, 0.05) is 0 Å². The topological polar surface area (TPSA) is 8.81 Å². The zero-order valence-electron chi connectivity index (χ0n) is 6.56. The fourth-order valence-electron chi connectivity index (χ4n) is 0.689. The summed E-state index contributed by atoms with van der Waals surface area (Å²) >= 11 is 0. The van der Waals surface area contributed by atoms with Crippen LogP contribution >= 0.6 is 71.9 Å². The van der Waals surface area contributed by atoms with Gasteiger partial charge in [0.05, 0.1) is 13.6 Å². The van der Waals surface area contributed by atoms with Crippen molar-refractivity contribution >= 4 is 71.9 Å². The third kappa shape index (κ3) is 6.55. The van der Waals surface area contributed by atoms with E-state index in [4.69, 9.17) is 0 Å². The quantitative estimate of drug-likeness (QED) is 0.418. The number of halogens is 3. The normalized spacial score (nSPS) is 7.09. The SMILES string of the molecule is CCn1cc[n+](C)c1.I.I.I. The lowest BCUT2D eigenvalue weighted by atomic mass is 10.7. The van der Waals surface area contributed by atoms with Crippen molar-refractivity contribution in [3.63, 3.8) is 0 Å². The van der Waals surface area contributed by atoms with E-state index in [1.165, 1.54) is 0 Å². The average Bonchev–Trinajstić information content (AvgIpc) is 2.14. The first-order valence-corrected chi connectivity index (χ1v) is 2.84. The van der Waals surface area contributed by atoms with Crippen molar-refractivity contribution in [3.05, 3.63) is 18.7 Å². The highest BCUT2D eigenvalue weighted by Crippen LogP contribution is 1.79. The molecule has 2 nitrogen and oxygen atoms in total. The first kappa shape index (κ1) is 18.2. The molecule has 0 aliphatic rings. The molecule has 1 aromatic heterocycles. The van der Waals surface area contributed by atoms with E-state index in [1.807, 2.05) is 17.8 Å². The molecule has 68 valence electrons. The molecule has 11 heavy (non-hydrogen) atoms. The van der Waals surface area contributed by atoms with Crippen molar-refractivity contribution in [2.45, 2.75) is 13.5 Å². The van der Waals surface area contributed by atoms with Crippen LogP contribution in [0.5, 0.6) is 0 Å². The fraction of sp³-hybridized carbons (Fsp3) is 0.500. The Hall–Kier alpha value is 1.40. The van der Waals surface area contributed by atoms with E-state index in [0.717, 1.165) is 6.54 Å². The Bertz CT molecular complexity index is 176. The Labute approximate surface area is 119 Å². The van der Waals surface area contributed by atoms with Crippen LogP contribution in [0.4, 0.5) is 0 Å². The largest absolute Gasteiger partial charge is 0.243 e. The zero-order valence-corrected chi connectivity index (χ0v) is 13.5. The Morgan fingerprint density at radius 2 is 1.82 bits per heavy atom. The number of aryl methyl sites for hydroxylation is 2. The smallest absolute Gasteiger partial charge is 0.240 e. The van der Waals surface area contributed by atoms with Crippen LogP contribution in [0.3, 0.4) is 0 Å². The van der Waals surface area contributed by atoms with Crippen molar-refractivity contribution < 1.29 is 4.57 Å². The minimum atomic E-state index is 0. The van der Waals surface area contributed by atoms with Gasteiger partial charge in [-0.15, -0.1) is 71.9 Å². The van der Waals surface area contributed by atoms with Crippen LogP contribution in [0.25, 0.3) is 0 Å². The van der Waals surface area contributed by atoms with Crippen LogP contribution in [0.15, 0.2) is 18.7 Å². The Kier molecular flexibility index (Phi) is 15.7. The summed E-state index contributed by atoms with van der Waals surface area (Å²) in [6.45, 7) is 3.18. The second-order valence-electron chi connectivity index (χ2n) is 1.91. The van der Waals surface area contributed by atoms with Crippen molar-refractivity contribution in [2.75, 3.05) is 0 Å². The van der Waals surface area contributed by atoms with Crippen molar-refractivity contribution in [1.82, 2.24) is 4.57 Å². The predicted octanol–water partition coefficient (Wildman–Crippen LogP) is 2.19. The number of imidazole rings is 1. The van der Waals surface area contributed by atoms with E-state index in [2.05, 4.69) is 24.0 Å². The maximum Gasteiger partial charge on any atom is 0.243 e. The van der Waals surface area contributed by atoms with Crippen LogP contribution < -0.4 is 4.57 Å². The molecule has 5 heteroatoms. The summed E-state index contributed by atoms with van der Waals surface area (Å²) < 4.78 is 4.16. The van der Waals surface area contributed by atoms with E-state index in [-0.39, 0.29) is 71.9 Å². The Morgan fingerprint density at radius 1 is 1.27 bits per heavy atom. The van der Waals surface area contributed by atoms with Gasteiger partial charge < -0.3 is 0 Å².